The fourth-order valence-corrected chi connectivity index (χ4v) is 4.53. The van der Waals surface area contributed by atoms with Crippen LogP contribution in [0.4, 0.5) is 9.93 Å². The highest BCUT2D eigenvalue weighted by atomic mass is 32.1. The molecule has 1 heterocycles. The molecule has 0 aliphatic heterocycles. The molecule has 114 valence electrons. The van der Waals surface area contributed by atoms with Crippen molar-refractivity contribution in [3.63, 3.8) is 0 Å². The van der Waals surface area contributed by atoms with Gasteiger partial charge in [0.25, 0.3) is 0 Å². The van der Waals surface area contributed by atoms with Gasteiger partial charge in [-0.1, -0.05) is 0 Å². The Kier molecular flexibility index (Phi) is 3.34. The topological polar surface area (TPSA) is 87.1 Å². The van der Waals surface area contributed by atoms with Gasteiger partial charge in [0.05, 0.1) is 0 Å². The normalized spacial score (nSPS) is 34.1. The van der Waals surface area contributed by atoms with E-state index >= 15 is 0 Å². The molecule has 0 unspecified atom stereocenters. The number of anilines is 1. The Balaban J connectivity index is 1.30. The molecule has 3 fully saturated rings. The highest BCUT2D eigenvalue weighted by molar-refractivity contribution is 7.09. The predicted molar refractivity (Wildman–Crippen MR) is 79.2 cm³/mol. The van der Waals surface area contributed by atoms with E-state index in [0.717, 1.165) is 25.1 Å². The Morgan fingerprint density at radius 3 is 2.81 bits per heavy atom. The van der Waals surface area contributed by atoms with Crippen LogP contribution in [0.3, 0.4) is 0 Å². The van der Waals surface area contributed by atoms with Crippen molar-refractivity contribution in [1.82, 2.24) is 14.7 Å². The van der Waals surface area contributed by atoms with Crippen LogP contribution in [0.2, 0.25) is 0 Å². The van der Waals surface area contributed by atoms with Gasteiger partial charge < -0.3 is 10.4 Å². The molecule has 4 rings (SSSR count). The molecule has 3 saturated carbocycles. The number of aliphatic hydroxyl groups is 1. The van der Waals surface area contributed by atoms with E-state index in [-0.39, 0.29) is 18.7 Å². The Morgan fingerprint density at radius 1 is 1.29 bits per heavy atom. The van der Waals surface area contributed by atoms with Crippen LogP contribution in [-0.4, -0.2) is 33.1 Å². The first-order chi connectivity index (χ1) is 10.2. The molecule has 21 heavy (non-hydrogen) atoms. The van der Waals surface area contributed by atoms with Gasteiger partial charge >= 0.3 is 6.03 Å². The Hall–Kier alpha value is -1.21. The molecule has 7 heteroatoms. The average Bonchev–Trinajstić information content (AvgIpc) is 2.92. The van der Waals surface area contributed by atoms with E-state index in [1.807, 2.05) is 0 Å². The maximum Gasteiger partial charge on any atom is 0.321 e. The Bertz CT molecular complexity index is 545. The number of aromatic nitrogens is 2. The maximum absolute atomic E-state index is 12.1. The van der Waals surface area contributed by atoms with E-state index in [0.29, 0.717) is 28.8 Å². The number of carbonyl (C=O) groups excluding carboxylic acids is 1. The van der Waals surface area contributed by atoms with Crippen molar-refractivity contribution >= 4 is 22.7 Å². The molecule has 6 nitrogen and oxygen atoms in total. The molecule has 1 aromatic rings. The van der Waals surface area contributed by atoms with Crippen molar-refractivity contribution in [3.8, 4) is 0 Å². The molecule has 4 atom stereocenters. The molecule has 2 bridgehead atoms. The number of carbonyl (C=O) groups is 1. The van der Waals surface area contributed by atoms with Crippen LogP contribution in [0, 0.1) is 17.8 Å². The first-order valence-electron chi connectivity index (χ1n) is 7.75. The van der Waals surface area contributed by atoms with Gasteiger partial charge in [-0.3, -0.25) is 5.32 Å². The summed E-state index contributed by atoms with van der Waals surface area (Å²) in [4.78, 5) is 16.4. The summed E-state index contributed by atoms with van der Waals surface area (Å²) >= 11 is 1.26. The lowest BCUT2D eigenvalue weighted by atomic mass is 9.86. The molecule has 3 N–H and O–H groups in total. The SMILES string of the molecule is O=C(Nc1nc(C2CC2)ns1)N[C@@H]1C[C@H]2C[C@@H]1C[C@H]2CO. The average molecular weight is 308 g/mol. The summed E-state index contributed by atoms with van der Waals surface area (Å²) in [7, 11) is 0. The van der Waals surface area contributed by atoms with Gasteiger partial charge in [0, 0.05) is 30.1 Å². The number of hydrogen-bond donors (Lipinski definition) is 3. The third kappa shape index (κ3) is 2.64. The van der Waals surface area contributed by atoms with E-state index in [1.165, 1.54) is 24.4 Å². The third-order valence-corrected chi connectivity index (χ3v) is 5.80. The van der Waals surface area contributed by atoms with Crippen LogP contribution in [0.25, 0.3) is 0 Å². The summed E-state index contributed by atoms with van der Waals surface area (Å²) in [5.41, 5.74) is 0. The van der Waals surface area contributed by atoms with E-state index in [1.54, 1.807) is 0 Å². The quantitative estimate of drug-likeness (QED) is 0.793. The minimum Gasteiger partial charge on any atom is -0.396 e. The van der Waals surface area contributed by atoms with Crippen LogP contribution < -0.4 is 10.6 Å². The summed E-state index contributed by atoms with van der Waals surface area (Å²) < 4.78 is 4.28. The largest absolute Gasteiger partial charge is 0.396 e. The molecule has 2 amide bonds. The second-order valence-corrected chi connectivity index (χ2v) is 7.36. The van der Waals surface area contributed by atoms with Gasteiger partial charge in [-0.15, -0.1) is 0 Å². The van der Waals surface area contributed by atoms with Crippen molar-refractivity contribution in [2.24, 2.45) is 17.8 Å². The van der Waals surface area contributed by atoms with Crippen molar-refractivity contribution in [3.05, 3.63) is 5.82 Å². The summed E-state index contributed by atoms with van der Waals surface area (Å²) in [6, 6.07) is 0.0696. The van der Waals surface area contributed by atoms with E-state index in [9.17, 15) is 9.90 Å². The molecule has 0 radical (unpaired) electrons. The zero-order chi connectivity index (χ0) is 14.4. The lowest BCUT2D eigenvalue weighted by Crippen LogP contribution is -2.42. The molecule has 0 saturated heterocycles. The van der Waals surface area contributed by atoms with E-state index < -0.39 is 0 Å². The summed E-state index contributed by atoms with van der Waals surface area (Å²) in [5, 5.41) is 15.7. The van der Waals surface area contributed by atoms with Gasteiger partial charge in [0.2, 0.25) is 5.13 Å². The standard InChI is InChI=1S/C14H20N4O2S/c19-6-10-4-9-3-8(10)5-11(9)15-13(20)17-14-16-12(18-21-14)7-1-2-7/h7-11,19H,1-6H2,(H2,15,16,17,18,20)/t8-,9-,10+,11-/m1/s1. The smallest absolute Gasteiger partial charge is 0.321 e. The summed E-state index contributed by atoms with van der Waals surface area (Å²) in [5.74, 6) is 2.94. The summed E-state index contributed by atoms with van der Waals surface area (Å²) in [6.07, 6.45) is 5.50. The number of fused-ring (bicyclic) bond motifs is 2. The molecule has 1 aromatic heterocycles. The number of nitrogens with zero attached hydrogens (tertiary/aromatic N) is 2. The maximum atomic E-state index is 12.1. The number of rotatable bonds is 4. The first kappa shape index (κ1) is 13.5. The number of urea groups is 1. The molecule has 3 aliphatic rings. The van der Waals surface area contributed by atoms with Crippen LogP contribution in [-0.2, 0) is 0 Å². The Morgan fingerprint density at radius 2 is 2.14 bits per heavy atom. The van der Waals surface area contributed by atoms with Crippen LogP contribution in [0.5, 0.6) is 0 Å². The molecular weight excluding hydrogens is 288 g/mol. The Labute approximate surface area is 127 Å². The zero-order valence-electron chi connectivity index (χ0n) is 11.8. The minimum absolute atomic E-state index is 0.174. The number of aliphatic hydroxyl groups excluding tert-OH is 1. The van der Waals surface area contributed by atoms with Gasteiger partial charge in [-0.05, 0) is 49.9 Å². The number of amides is 2. The highest BCUT2D eigenvalue weighted by Gasteiger charge is 2.45. The lowest BCUT2D eigenvalue weighted by Gasteiger charge is -2.27. The van der Waals surface area contributed by atoms with Gasteiger partial charge in [-0.25, -0.2) is 9.78 Å². The third-order valence-electron chi connectivity index (χ3n) is 5.16. The second kappa shape index (κ2) is 5.21. The van der Waals surface area contributed by atoms with Crippen LogP contribution in [0.1, 0.15) is 43.8 Å². The van der Waals surface area contributed by atoms with Crippen LogP contribution in [0.15, 0.2) is 0 Å². The van der Waals surface area contributed by atoms with Gasteiger partial charge in [-0.2, -0.15) is 4.37 Å². The highest BCUT2D eigenvalue weighted by Crippen LogP contribution is 2.48. The summed E-state index contributed by atoms with van der Waals surface area (Å²) in [6.45, 7) is 0.287. The van der Waals surface area contributed by atoms with Crippen molar-refractivity contribution in [2.75, 3.05) is 11.9 Å². The van der Waals surface area contributed by atoms with Crippen LogP contribution >= 0.6 is 11.5 Å². The fourth-order valence-electron chi connectivity index (χ4n) is 3.89. The minimum atomic E-state index is -0.174. The molecular formula is C14H20N4O2S. The molecule has 0 spiro atoms. The zero-order valence-corrected chi connectivity index (χ0v) is 12.6. The molecule has 0 aromatic carbocycles. The van der Waals surface area contributed by atoms with Crippen molar-refractivity contribution in [1.29, 1.82) is 0 Å². The first-order valence-corrected chi connectivity index (χ1v) is 8.52. The van der Waals surface area contributed by atoms with E-state index in [2.05, 4.69) is 20.0 Å². The second-order valence-electron chi connectivity index (χ2n) is 6.61. The predicted octanol–water partition coefficient (Wildman–Crippen LogP) is 1.94. The van der Waals surface area contributed by atoms with Crippen molar-refractivity contribution < 1.29 is 9.90 Å². The molecule has 3 aliphatic carbocycles. The van der Waals surface area contributed by atoms with Crippen molar-refractivity contribution in [2.45, 2.75) is 44.1 Å². The van der Waals surface area contributed by atoms with Gasteiger partial charge in [0.1, 0.15) is 5.82 Å². The van der Waals surface area contributed by atoms with E-state index in [4.69, 9.17) is 0 Å². The fraction of sp³-hybridized carbons (Fsp3) is 0.786. The monoisotopic (exact) mass is 308 g/mol. The van der Waals surface area contributed by atoms with Gasteiger partial charge in [0.15, 0.2) is 0 Å². The number of hydrogen-bond acceptors (Lipinski definition) is 5. The lowest BCUT2D eigenvalue weighted by molar-refractivity contribution is 0.165. The number of nitrogens with one attached hydrogen (secondary N) is 2.